The summed E-state index contributed by atoms with van der Waals surface area (Å²) in [6.07, 6.45) is 2.30. The molecule has 0 radical (unpaired) electrons. The number of rotatable bonds is 5. The standard InChI is InChI=1S/C14H19FN2O/c1-3-16-12-10(5-4-6-11(12)15)13(18)17-9-14(2)7-8-14/h4-6,16H,3,7-9H2,1-2H3,(H,17,18). The molecule has 1 aliphatic carbocycles. The molecule has 0 unspecified atom stereocenters. The zero-order valence-corrected chi connectivity index (χ0v) is 10.8. The molecule has 18 heavy (non-hydrogen) atoms. The predicted octanol–water partition coefficient (Wildman–Crippen LogP) is 2.79. The lowest BCUT2D eigenvalue weighted by atomic mass is 10.1. The van der Waals surface area contributed by atoms with E-state index in [1.54, 1.807) is 12.1 Å². The van der Waals surface area contributed by atoms with E-state index in [9.17, 15) is 9.18 Å². The van der Waals surface area contributed by atoms with Gasteiger partial charge in [0, 0.05) is 13.1 Å². The third-order valence-electron chi connectivity index (χ3n) is 3.39. The molecule has 2 rings (SSSR count). The normalized spacial score (nSPS) is 16.2. The van der Waals surface area contributed by atoms with Gasteiger partial charge in [-0.1, -0.05) is 13.0 Å². The maximum absolute atomic E-state index is 13.6. The van der Waals surface area contributed by atoms with Crippen LogP contribution in [0.3, 0.4) is 0 Å². The van der Waals surface area contributed by atoms with E-state index >= 15 is 0 Å². The fourth-order valence-electron chi connectivity index (χ4n) is 1.85. The number of hydrogen-bond donors (Lipinski definition) is 2. The van der Waals surface area contributed by atoms with Crippen molar-refractivity contribution in [3.63, 3.8) is 0 Å². The van der Waals surface area contributed by atoms with Gasteiger partial charge in [0.15, 0.2) is 0 Å². The SMILES string of the molecule is CCNc1c(F)cccc1C(=O)NCC1(C)CC1. The molecule has 2 N–H and O–H groups in total. The Hall–Kier alpha value is -1.58. The predicted molar refractivity (Wildman–Crippen MR) is 70.2 cm³/mol. The second-order valence-electron chi connectivity index (χ2n) is 5.19. The third-order valence-corrected chi connectivity index (χ3v) is 3.39. The summed E-state index contributed by atoms with van der Waals surface area (Å²) < 4.78 is 13.6. The van der Waals surface area contributed by atoms with Crippen molar-refractivity contribution >= 4 is 11.6 Å². The van der Waals surface area contributed by atoms with Crippen molar-refractivity contribution in [1.82, 2.24) is 5.32 Å². The molecule has 1 aliphatic rings. The van der Waals surface area contributed by atoms with Gasteiger partial charge >= 0.3 is 0 Å². The second-order valence-corrected chi connectivity index (χ2v) is 5.19. The first-order valence-electron chi connectivity index (χ1n) is 6.36. The lowest BCUT2D eigenvalue weighted by molar-refractivity contribution is 0.0946. The molecule has 0 aliphatic heterocycles. The Kier molecular flexibility index (Phi) is 3.55. The van der Waals surface area contributed by atoms with E-state index in [4.69, 9.17) is 0 Å². The van der Waals surface area contributed by atoms with Crippen LogP contribution in [0.25, 0.3) is 0 Å². The van der Waals surface area contributed by atoms with Gasteiger partial charge in [-0.3, -0.25) is 4.79 Å². The van der Waals surface area contributed by atoms with Crippen molar-refractivity contribution in [2.45, 2.75) is 26.7 Å². The number of amides is 1. The van der Waals surface area contributed by atoms with E-state index < -0.39 is 0 Å². The molecule has 1 saturated carbocycles. The molecule has 0 spiro atoms. The minimum atomic E-state index is -0.387. The molecule has 0 atom stereocenters. The molecular formula is C14H19FN2O. The van der Waals surface area contributed by atoms with Crippen LogP contribution < -0.4 is 10.6 Å². The van der Waals surface area contributed by atoms with Crippen molar-refractivity contribution in [2.75, 3.05) is 18.4 Å². The van der Waals surface area contributed by atoms with Gasteiger partial charge in [0.2, 0.25) is 0 Å². The van der Waals surface area contributed by atoms with E-state index in [1.165, 1.54) is 6.07 Å². The van der Waals surface area contributed by atoms with Crippen molar-refractivity contribution in [1.29, 1.82) is 0 Å². The van der Waals surface area contributed by atoms with Gasteiger partial charge in [-0.15, -0.1) is 0 Å². The first-order valence-corrected chi connectivity index (χ1v) is 6.36. The fourth-order valence-corrected chi connectivity index (χ4v) is 1.85. The zero-order valence-electron chi connectivity index (χ0n) is 10.8. The Morgan fingerprint density at radius 1 is 1.44 bits per heavy atom. The highest BCUT2D eigenvalue weighted by Crippen LogP contribution is 2.44. The van der Waals surface area contributed by atoms with Gasteiger partial charge < -0.3 is 10.6 Å². The number of anilines is 1. The molecule has 0 aromatic heterocycles. The van der Waals surface area contributed by atoms with Crippen LogP contribution in [0.1, 0.15) is 37.0 Å². The first-order chi connectivity index (χ1) is 8.56. The average molecular weight is 250 g/mol. The minimum absolute atomic E-state index is 0.210. The average Bonchev–Trinajstić information content (AvgIpc) is 3.08. The van der Waals surface area contributed by atoms with E-state index in [1.807, 2.05) is 6.92 Å². The summed E-state index contributed by atoms with van der Waals surface area (Å²) in [5, 5.41) is 5.78. The van der Waals surface area contributed by atoms with Crippen LogP contribution in [0.5, 0.6) is 0 Å². The molecule has 1 aromatic carbocycles. The Balaban J connectivity index is 2.10. The number of carbonyl (C=O) groups excluding carboxylic acids is 1. The molecule has 1 fully saturated rings. The highest BCUT2D eigenvalue weighted by Gasteiger charge is 2.37. The molecule has 0 saturated heterocycles. The number of nitrogens with one attached hydrogen (secondary N) is 2. The van der Waals surface area contributed by atoms with Crippen LogP contribution in [0.4, 0.5) is 10.1 Å². The summed E-state index contributed by atoms with van der Waals surface area (Å²) in [5.41, 5.74) is 0.918. The summed E-state index contributed by atoms with van der Waals surface area (Å²) in [4.78, 5) is 12.0. The van der Waals surface area contributed by atoms with Gasteiger partial charge in [0.1, 0.15) is 5.82 Å². The monoisotopic (exact) mass is 250 g/mol. The quantitative estimate of drug-likeness (QED) is 0.843. The van der Waals surface area contributed by atoms with Crippen LogP contribution in [-0.2, 0) is 0 Å². The highest BCUT2D eigenvalue weighted by atomic mass is 19.1. The van der Waals surface area contributed by atoms with Crippen LogP contribution in [0.2, 0.25) is 0 Å². The van der Waals surface area contributed by atoms with E-state index in [-0.39, 0.29) is 17.1 Å². The Morgan fingerprint density at radius 2 is 2.17 bits per heavy atom. The molecule has 0 bridgehead atoms. The van der Waals surface area contributed by atoms with Gasteiger partial charge in [0.25, 0.3) is 5.91 Å². The van der Waals surface area contributed by atoms with Crippen molar-refractivity contribution in [2.24, 2.45) is 5.41 Å². The van der Waals surface area contributed by atoms with Crippen molar-refractivity contribution in [3.05, 3.63) is 29.6 Å². The Bertz CT molecular complexity index is 455. The topological polar surface area (TPSA) is 41.1 Å². The summed E-state index contributed by atoms with van der Waals surface area (Å²) in [6, 6.07) is 4.56. The summed E-state index contributed by atoms with van der Waals surface area (Å²) in [6.45, 7) is 5.26. The molecule has 1 amide bonds. The van der Waals surface area contributed by atoms with Crippen LogP contribution >= 0.6 is 0 Å². The van der Waals surface area contributed by atoms with Crippen molar-refractivity contribution in [3.8, 4) is 0 Å². The highest BCUT2D eigenvalue weighted by molar-refractivity contribution is 5.99. The van der Waals surface area contributed by atoms with Gasteiger partial charge in [-0.05, 0) is 37.3 Å². The number of para-hydroxylation sites is 1. The van der Waals surface area contributed by atoms with Gasteiger partial charge in [0.05, 0.1) is 11.3 Å². The fraction of sp³-hybridized carbons (Fsp3) is 0.500. The number of carbonyl (C=O) groups is 1. The molecule has 98 valence electrons. The minimum Gasteiger partial charge on any atom is -0.382 e. The molecule has 0 heterocycles. The molecular weight excluding hydrogens is 231 g/mol. The largest absolute Gasteiger partial charge is 0.382 e. The Morgan fingerprint density at radius 3 is 2.78 bits per heavy atom. The zero-order chi connectivity index (χ0) is 13.2. The Labute approximate surface area is 107 Å². The molecule has 3 nitrogen and oxygen atoms in total. The smallest absolute Gasteiger partial charge is 0.253 e. The first kappa shape index (κ1) is 12.9. The van der Waals surface area contributed by atoms with Crippen LogP contribution in [0, 0.1) is 11.2 Å². The van der Waals surface area contributed by atoms with E-state index in [0.29, 0.717) is 24.3 Å². The summed E-state index contributed by atoms with van der Waals surface area (Å²) >= 11 is 0. The summed E-state index contributed by atoms with van der Waals surface area (Å²) in [7, 11) is 0. The van der Waals surface area contributed by atoms with Crippen LogP contribution in [0.15, 0.2) is 18.2 Å². The van der Waals surface area contributed by atoms with Crippen molar-refractivity contribution < 1.29 is 9.18 Å². The van der Waals surface area contributed by atoms with Gasteiger partial charge in [-0.2, -0.15) is 0 Å². The van der Waals surface area contributed by atoms with Gasteiger partial charge in [-0.25, -0.2) is 4.39 Å². The maximum Gasteiger partial charge on any atom is 0.253 e. The lowest BCUT2D eigenvalue weighted by Crippen LogP contribution is -2.29. The second kappa shape index (κ2) is 4.96. The summed E-state index contributed by atoms with van der Waals surface area (Å²) in [5.74, 6) is -0.597. The van der Waals surface area contributed by atoms with Crippen LogP contribution in [-0.4, -0.2) is 19.0 Å². The molecule has 1 aromatic rings. The van der Waals surface area contributed by atoms with E-state index in [0.717, 1.165) is 12.8 Å². The lowest BCUT2D eigenvalue weighted by Gasteiger charge is -2.14. The maximum atomic E-state index is 13.6. The number of benzene rings is 1. The number of halogens is 1. The number of hydrogen-bond acceptors (Lipinski definition) is 2. The molecule has 4 heteroatoms. The van der Waals surface area contributed by atoms with E-state index in [2.05, 4.69) is 17.6 Å². The third kappa shape index (κ3) is 2.81.